The average molecular weight is 295 g/mol. The second-order valence-electron chi connectivity index (χ2n) is 5.64. The first-order chi connectivity index (χ1) is 9.61. The summed E-state index contributed by atoms with van der Waals surface area (Å²) in [6, 6.07) is 8.77. The van der Waals surface area contributed by atoms with Gasteiger partial charge in [-0.2, -0.15) is 0 Å². The van der Waals surface area contributed by atoms with Gasteiger partial charge in [0.1, 0.15) is 5.75 Å². The molecule has 1 aliphatic carbocycles. The molecule has 0 spiro atoms. The third-order valence-corrected chi connectivity index (χ3v) is 5.42. The highest BCUT2D eigenvalue weighted by atomic mass is 32.2. The van der Waals surface area contributed by atoms with Crippen LogP contribution < -0.4 is 10.1 Å². The third-order valence-electron chi connectivity index (χ3n) is 4.05. The van der Waals surface area contributed by atoms with Gasteiger partial charge in [-0.3, -0.25) is 4.21 Å². The molecule has 3 atom stereocenters. The van der Waals surface area contributed by atoms with Gasteiger partial charge in [0.05, 0.1) is 7.11 Å². The van der Waals surface area contributed by atoms with Gasteiger partial charge in [-0.25, -0.2) is 0 Å². The van der Waals surface area contributed by atoms with Crippen LogP contribution in [0, 0.1) is 5.92 Å². The molecular weight excluding hydrogens is 270 g/mol. The van der Waals surface area contributed by atoms with Gasteiger partial charge >= 0.3 is 0 Å². The minimum Gasteiger partial charge on any atom is -0.497 e. The second-order valence-corrected chi connectivity index (χ2v) is 7.44. The molecule has 3 nitrogen and oxygen atoms in total. The summed E-state index contributed by atoms with van der Waals surface area (Å²) >= 11 is 0. The number of methoxy groups -OCH3 is 1. The van der Waals surface area contributed by atoms with Crippen LogP contribution in [0.1, 0.15) is 37.8 Å². The predicted octanol–water partition coefficient (Wildman–Crippen LogP) is 2.89. The van der Waals surface area contributed by atoms with Gasteiger partial charge in [-0.1, -0.05) is 19.1 Å². The van der Waals surface area contributed by atoms with Crippen LogP contribution >= 0.6 is 0 Å². The molecular formula is C16H25NO2S. The molecule has 0 radical (unpaired) electrons. The highest BCUT2D eigenvalue weighted by Gasteiger charge is 2.31. The van der Waals surface area contributed by atoms with Crippen LogP contribution in [-0.2, 0) is 10.8 Å². The summed E-state index contributed by atoms with van der Waals surface area (Å²) in [4.78, 5) is 0. The summed E-state index contributed by atoms with van der Waals surface area (Å²) in [5, 5.41) is 3.91. The van der Waals surface area contributed by atoms with Crippen molar-refractivity contribution in [2.24, 2.45) is 5.92 Å². The molecule has 1 aromatic carbocycles. The van der Waals surface area contributed by atoms with Crippen LogP contribution in [0.4, 0.5) is 0 Å². The number of benzene rings is 1. The second kappa shape index (κ2) is 7.23. The molecule has 0 amide bonds. The van der Waals surface area contributed by atoms with E-state index in [9.17, 15) is 4.21 Å². The maximum Gasteiger partial charge on any atom is 0.118 e. The summed E-state index contributed by atoms with van der Waals surface area (Å²) < 4.78 is 16.6. The quantitative estimate of drug-likeness (QED) is 0.801. The van der Waals surface area contributed by atoms with Gasteiger partial charge < -0.3 is 10.1 Å². The molecule has 4 heteroatoms. The summed E-state index contributed by atoms with van der Waals surface area (Å²) in [7, 11) is 0.967. The molecule has 1 N–H and O–H groups in total. The van der Waals surface area contributed by atoms with E-state index in [2.05, 4.69) is 24.4 Å². The number of ether oxygens (including phenoxy) is 1. The maximum absolute atomic E-state index is 11.4. The van der Waals surface area contributed by atoms with Crippen molar-refractivity contribution in [3.63, 3.8) is 0 Å². The normalized spacial score (nSPS) is 19.4. The first kappa shape index (κ1) is 15.5. The van der Waals surface area contributed by atoms with Crippen LogP contribution in [0.5, 0.6) is 5.75 Å². The molecule has 1 aromatic rings. The van der Waals surface area contributed by atoms with Crippen molar-refractivity contribution in [3.05, 3.63) is 29.8 Å². The topological polar surface area (TPSA) is 38.3 Å². The molecule has 2 rings (SSSR count). The number of rotatable bonds is 8. The lowest BCUT2D eigenvalue weighted by atomic mass is 10.0. The molecule has 1 fully saturated rings. The van der Waals surface area contributed by atoms with Gasteiger partial charge in [-0.15, -0.1) is 0 Å². The Kier molecular flexibility index (Phi) is 5.61. The Balaban J connectivity index is 1.91. The predicted molar refractivity (Wildman–Crippen MR) is 84.6 cm³/mol. The summed E-state index contributed by atoms with van der Waals surface area (Å²) in [5.41, 5.74) is 1.33. The van der Waals surface area contributed by atoms with Crippen molar-refractivity contribution in [1.82, 2.24) is 5.32 Å². The van der Waals surface area contributed by atoms with Crippen LogP contribution in [0.2, 0.25) is 0 Å². The molecule has 0 bridgehead atoms. The highest BCUT2D eigenvalue weighted by molar-refractivity contribution is 7.84. The van der Waals surface area contributed by atoms with Gasteiger partial charge in [0, 0.05) is 28.3 Å². The monoisotopic (exact) mass is 295 g/mol. The van der Waals surface area contributed by atoms with Crippen molar-refractivity contribution in [2.75, 3.05) is 19.9 Å². The summed E-state index contributed by atoms with van der Waals surface area (Å²) in [6.07, 6.45) is 5.35. The first-order valence-electron chi connectivity index (χ1n) is 7.31. The van der Waals surface area contributed by atoms with Crippen LogP contribution in [0.3, 0.4) is 0 Å². The molecule has 0 heterocycles. The fourth-order valence-electron chi connectivity index (χ4n) is 2.41. The molecule has 1 aliphatic rings. The van der Waals surface area contributed by atoms with E-state index in [1.807, 2.05) is 12.1 Å². The molecule has 0 saturated heterocycles. The summed E-state index contributed by atoms with van der Waals surface area (Å²) in [6.45, 7) is 2.98. The molecule has 112 valence electrons. The van der Waals surface area contributed by atoms with Gasteiger partial charge in [0.15, 0.2) is 0 Å². The van der Waals surface area contributed by atoms with E-state index in [4.69, 9.17) is 4.74 Å². The fraction of sp³-hybridized carbons (Fsp3) is 0.625. The molecule has 0 aromatic heterocycles. The highest BCUT2D eigenvalue weighted by Crippen LogP contribution is 2.41. The SMILES string of the molecule is COc1ccc(C(NCCC(C)S(C)=O)C2CC2)cc1. The minimum atomic E-state index is -0.725. The van der Waals surface area contributed by atoms with E-state index < -0.39 is 10.8 Å². The lowest BCUT2D eigenvalue weighted by Gasteiger charge is -2.20. The van der Waals surface area contributed by atoms with E-state index in [-0.39, 0.29) is 5.25 Å². The van der Waals surface area contributed by atoms with E-state index in [1.165, 1.54) is 18.4 Å². The fourth-order valence-corrected chi connectivity index (χ4v) is 2.86. The maximum atomic E-state index is 11.4. The van der Waals surface area contributed by atoms with Gasteiger partial charge in [0.25, 0.3) is 0 Å². The Morgan fingerprint density at radius 1 is 1.35 bits per heavy atom. The van der Waals surface area contributed by atoms with Crippen molar-refractivity contribution >= 4 is 10.8 Å². The van der Waals surface area contributed by atoms with Gasteiger partial charge in [-0.05, 0) is 49.4 Å². The molecule has 20 heavy (non-hydrogen) atoms. The smallest absolute Gasteiger partial charge is 0.118 e. The lowest BCUT2D eigenvalue weighted by Crippen LogP contribution is -2.27. The average Bonchev–Trinajstić information content (AvgIpc) is 3.28. The third kappa shape index (κ3) is 4.32. The largest absolute Gasteiger partial charge is 0.497 e. The van der Waals surface area contributed by atoms with Gasteiger partial charge in [0.2, 0.25) is 0 Å². The number of nitrogens with one attached hydrogen (secondary N) is 1. The Bertz CT molecular complexity index is 442. The zero-order valence-corrected chi connectivity index (χ0v) is 13.4. The first-order valence-corrected chi connectivity index (χ1v) is 8.93. The Morgan fingerprint density at radius 2 is 2.00 bits per heavy atom. The summed E-state index contributed by atoms with van der Waals surface area (Å²) in [5.74, 6) is 1.66. The Labute approximate surface area is 124 Å². The standard InChI is InChI=1S/C16H25NO2S/c1-12(20(3)18)10-11-17-16(13-4-5-13)14-6-8-15(19-2)9-7-14/h6-9,12-13,16-17H,4-5,10-11H2,1-3H3. The lowest BCUT2D eigenvalue weighted by molar-refractivity contribution is 0.413. The zero-order chi connectivity index (χ0) is 14.5. The number of hydrogen-bond donors (Lipinski definition) is 1. The van der Waals surface area contributed by atoms with Crippen molar-refractivity contribution in [3.8, 4) is 5.75 Å². The molecule has 1 saturated carbocycles. The minimum absolute atomic E-state index is 0.262. The van der Waals surface area contributed by atoms with Crippen molar-refractivity contribution in [1.29, 1.82) is 0 Å². The van der Waals surface area contributed by atoms with E-state index in [1.54, 1.807) is 13.4 Å². The van der Waals surface area contributed by atoms with Crippen LogP contribution in [-0.4, -0.2) is 29.4 Å². The van der Waals surface area contributed by atoms with Crippen LogP contribution in [0.15, 0.2) is 24.3 Å². The van der Waals surface area contributed by atoms with E-state index >= 15 is 0 Å². The number of hydrogen-bond acceptors (Lipinski definition) is 3. The Hall–Kier alpha value is -0.870. The van der Waals surface area contributed by atoms with E-state index in [0.29, 0.717) is 6.04 Å². The van der Waals surface area contributed by atoms with Crippen molar-refractivity contribution < 1.29 is 8.95 Å². The molecule has 3 unspecified atom stereocenters. The van der Waals surface area contributed by atoms with E-state index in [0.717, 1.165) is 24.6 Å². The van der Waals surface area contributed by atoms with Crippen LogP contribution in [0.25, 0.3) is 0 Å². The molecule has 0 aliphatic heterocycles. The van der Waals surface area contributed by atoms with Crippen molar-refractivity contribution in [2.45, 2.75) is 37.5 Å². The zero-order valence-electron chi connectivity index (χ0n) is 12.6. The Morgan fingerprint density at radius 3 is 2.50 bits per heavy atom.